The van der Waals surface area contributed by atoms with Crippen LogP contribution >= 0.6 is 0 Å². The Morgan fingerprint density at radius 2 is 2.30 bits per heavy atom. The zero-order valence-corrected chi connectivity index (χ0v) is 12.6. The van der Waals surface area contributed by atoms with Crippen LogP contribution in [0.3, 0.4) is 0 Å². The first-order valence-electron chi connectivity index (χ1n) is 6.99. The molecular weight excluding hydrogens is 258 g/mol. The summed E-state index contributed by atoms with van der Waals surface area (Å²) < 4.78 is 12.5. The summed E-state index contributed by atoms with van der Waals surface area (Å²) in [5.41, 5.74) is 0.566. The van der Waals surface area contributed by atoms with Crippen LogP contribution in [0.25, 0.3) is 0 Å². The lowest BCUT2D eigenvalue weighted by atomic mass is 10.2. The smallest absolute Gasteiger partial charge is 0.299 e. The molecule has 2 rings (SSSR count). The molecule has 6 heteroatoms. The average Bonchev–Trinajstić information content (AvgIpc) is 2.41. The Morgan fingerprint density at radius 3 is 2.95 bits per heavy atom. The quantitative estimate of drug-likeness (QED) is 0.812. The van der Waals surface area contributed by atoms with Crippen LogP contribution in [0.1, 0.15) is 19.5 Å². The molecule has 1 aliphatic rings. The lowest BCUT2D eigenvalue weighted by molar-refractivity contribution is -0.0468. The van der Waals surface area contributed by atoms with Crippen molar-refractivity contribution < 1.29 is 9.47 Å². The molecule has 1 atom stereocenters. The molecule has 2 heterocycles. The van der Waals surface area contributed by atoms with Crippen LogP contribution in [0.15, 0.2) is 10.9 Å². The second-order valence-electron chi connectivity index (χ2n) is 5.41. The van der Waals surface area contributed by atoms with E-state index < -0.39 is 0 Å². The van der Waals surface area contributed by atoms with Crippen molar-refractivity contribution in [2.45, 2.75) is 39.5 Å². The van der Waals surface area contributed by atoms with E-state index in [0.717, 1.165) is 13.1 Å². The number of hydrogen-bond acceptors (Lipinski definition) is 5. The molecule has 1 fully saturated rings. The zero-order valence-electron chi connectivity index (χ0n) is 12.6. The van der Waals surface area contributed by atoms with Crippen LogP contribution in [0.4, 0.5) is 0 Å². The number of methoxy groups -OCH3 is 1. The van der Waals surface area contributed by atoms with Gasteiger partial charge >= 0.3 is 0 Å². The van der Waals surface area contributed by atoms with E-state index in [4.69, 9.17) is 9.47 Å². The molecule has 20 heavy (non-hydrogen) atoms. The molecule has 1 aromatic heterocycles. The van der Waals surface area contributed by atoms with Crippen LogP contribution < -0.4 is 10.3 Å². The zero-order chi connectivity index (χ0) is 14.7. The number of nitrogens with zero attached hydrogens (tertiary/aromatic N) is 3. The summed E-state index contributed by atoms with van der Waals surface area (Å²) in [6, 6.07) is 2.35. The highest BCUT2D eigenvalue weighted by molar-refractivity contribution is 5.07. The van der Waals surface area contributed by atoms with Crippen molar-refractivity contribution >= 4 is 0 Å². The van der Waals surface area contributed by atoms with Crippen molar-refractivity contribution in [2.24, 2.45) is 0 Å². The van der Waals surface area contributed by atoms with Crippen LogP contribution in [-0.4, -0.2) is 53.4 Å². The number of morpholine rings is 1. The maximum Gasteiger partial charge on any atom is 0.299 e. The van der Waals surface area contributed by atoms with Crippen molar-refractivity contribution in [3.05, 3.63) is 22.1 Å². The molecule has 1 unspecified atom stereocenters. The van der Waals surface area contributed by atoms with Crippen molar-refractivity contribution in [3.8, 4) is 6.01 Å². The van der Waals surface area contributed by atoms with Gasteiger partial charge in [-0.1, -0.05) is 0 Å². The highest BCUT2D eigenvalue weighted by Crippen LogP contribution is 2.12. The van der Waals surface area contributed by atoms with Gasteiger partial charge in [-0.25, -0.2) is 4.98 Å². The molecule has 0 saturated carbocycles. The lowest BCUT2D eigenvalue weighted by Crippen LogP contribution is -2.48. The van der Waals surface area contributed by atoms with Crippen LogP contribution in [-0.2, 0) is 11.3 Å². The van der Waals surface area contributed by atoms with E-state index in [1.165, 1.54) is 13.2 Å². The Balaban J connectivity index is 2.15. The largest absolute Gasteiger partial charge is 0.468 e. The van der Waals surface area contributed by atoms with Crippen molar-refractivity contribution in [1.82, 2.24) is 14.5 Å². The Morgan fingerprint density at radius 1 is 1.55 bits per heavy atom. The monoisotopic (exact) mass is 281 g/mol. The summed E-state index contributed by atoms with van der Waals surface area (Å²) in [6.07, 6.45) is -0.0118. The van der Waals surface area contributed by atoms with Crippen molar-refractivity contribution in [1.29, 1.82) is 0 Å². The fourth-order valence-corrected chi connectivity index (χ4v) is 2.44. The third-order valence-electron chi connectivity index (χ3n) is 3.57. The van der Waals surface area contributed by atoms with Gasteiger partial charge in [0.1, 0.15) is 0 Å². The summed E-state index contributed by atoms with van der Waals surface area (Å²) in [5, 5.41) is 0. The van der Waals surface area contributed by atoms with Gasteiger partial charge in [0.05, 0.1) is 26.4 Å². The second kappa shape index (κ2) is 6.37. The third kappa shape index (κ3) is 3.37. The molecule has 0 amide bonds. The van der Waals surface area contributed by atoms with Crippen LogP contribution in [0.2, 0.25) is 0 Å². The van der Waals surface area contributed by atoms with Gasteiger partial charge in [-0.3, -0.25) is 14.3 Å². The molecule has 0 bridgehead atoms. The van der Waals surface area contributed by atoms with E-state index in [1.54, 1.807) is 11.5 Å². The average molecular weight is 281 g/mol. The van der Waals surface area contributed by atoms with E-state index in [0.29, 0.717) is 30.9 Å². The van der Waals surface area contributed by atoms with E-state index in [1.807, 2.05) is 0 Å². The van der Waals surface area contributed by atoms with Gasteiger partial charge in [-0.2, -0.15) is 0 Å². The maximum absolute atomic E-state index is 12.1. The predicted octanol–water partition coefficient (Wildman–Crippen LogP) is 0.670. The van der Waals surface area contributed by atoms with Gasteiger partial charge in [-0.15, -0.1) is 0 Å². The normalized spacial score (nSPS) is 20.4. The molecular formula is C14H23N3O3. The SMILES string of the molecule is COc1nc(C)cc(=O)n1CC1CN(C(C)C)CCO1. The third-order valence-corrected chi connectivity index (χ3v) is 3.57. The summed E-state index contributed by atoms with van der Waals surface area (Å²) in [5.74, 6) is 0. The van der Waals surface area contributed by atoms with E-state index in [2.05, 4.69) is 23.7 Å². The molecule has 0 N–H and O–H groups in total. The van der Waals surface area contributed by atoms with Crippen molar-refractivity contribution in [3.63, 3.8) is 0 Å². The van der Waals surface area contributed by atoms with Gasteiger partial charge < -0.3 is 9.47 Å². The first-order valence-corrected chi connectivity index (χ1v) is 6.99. The highest BCUT2D eigenvalue weighted by Gasteiger charge is 2.24. The molecule has 0 spiro atoms. The fourth-order valence-electron chi connectivity index (χ4n) is 2.44. The van der Waals surface area contributed by atoms with E-state index in [9.17, 15) is 4.79 Å². The first kappa shape index (κ1) is 15.0. The van der Waals surface area contributed by atoms with Gasteiger partial charge in [0.25, 0.3) is 11.6 Å². The summed E-state index contributed by atoms with van der Waals surface area (Å²) in [4.78, 5) is 18.7. The van der Waals surface area contributed by atoms with Crippen LogP contribution in [0, 0.1) is 6.92 Å². The number of aromatic nitrogens is 2. The Kier molecular flexibility index (Phi) is 4.77. The Hall–Kier alpha value is -1.40. The minimum Gasteiger partial charge on any atom is -0.468 e. The molecule has 0 radical (unpaired) electrons. The predicted molar refractivity (Wildman–Crippen MR) is 76.2 cm³/mol. The maximum atomic E-state index is 12.1. The molecule has 112 valence electrons. The molecule has 1 saturated heterocycles. The fraction of sp³-hybridized carbons (Fsp3) is 0.714. The first-order chi connectivity index (χ1) is 9.51. The topological polar surface area (TPSA) is 56.6 Å². The highest BCUT2D eigenvalue weighted by atomic mass is 16.5. The lowest BCUT2D eigenvalue weighted by Gasteiger charge is -2.35. The molecule has 0 aromatic carbocycles. The molecule has 6 nitrogen and oxygen atoms in total. The number of hydrogen-bond donors (Lipinski definition) is 0. The van der Waals surface area contributed by atoms with Gasteiger partial charge in [0.2, 0.25) is 0 Å². The van der Waals surface area contributed by atoms with Gasteiger partial charge in [0.15, 0.2) is 0 Å². The minimum absolute atomic E-state index is 0.0118. The Labute approximate surface area is 119 Å². The van der Waals surface area contributed by atoms with E-state index in [-0.39, 0.29) is 11.7 Å². The number of rotatable bonds is 4. The van der Waals surface area contributed by atoms with E-state index >= 15 is 0 Å². The Bertz CT molecular complexity index is 513. The number of aryl methyl sites for hydroxylation is 1. The molecule has 1 aliphatic heterocycles. The summed E-state index contributed by atoms with van der Waals surface area (Å²) in [7, 11) is 1.53. The number of ether oxygens (including phenoxy) is 2. The van der Waals surface area contributed by atoms with Gasteiger partial charge in [-0.05, 0) is 20.8 Å². The standard InChI is InChI=1S/C14H23N3O3/c1-10(2)16-5-6-20-12(8-16)9-17-13(18)7-11(3)15-14(17)19-4/h7,10,12H,5-6,8-9H2,1-4H3. The summed E-state index contributed by atoms with van der Waals surface area (Å²) in [6.45, 7) is 9.04. The molecule has 0 aliphatic carbocycles. The summed E-state index contributed by atoms with van der Waals surface area (Å²) >= 11 is 0. The minimum atomic E-state index is -0.0976. The van der Waals surface area contributed by atoms with Gasteiger partial charge in [0, 0.05) is 30.9 Å². The second-order valence-corrected chi connectivity index (χ2v) is 5.41. The van der Waals surface area contributed by atoms with Crippen molar-refractivity contribution in [2.75, 3.05) is 26.8 Å². The van der Waals surface area contributed by atoms with Crippen LogP contribution in [0.5, 0.6) is 6.01 Å². The molecule has 1 aromatic rings.